The number of thioether (sulfide) groups is 1. The number of allylic oxidation sites excluding steroid dienone is 3. The van der Waals surface area contributed by atoms with Crippen LogP contribution in [0.25, 0.3) is 6.08 Å². The molecule has 0 radical (unpaired) electrons. The molecule has 1 aromatic heterocycles. The van der Waals surface area contributed by atoms with Crippen LogP contribution < -0.4 is 0 Å². The van der Waals surface area contributed by atoms with E-state index in [0.29, 0.717) is 19.8 Å². The summed E-state index contributed by atoms with van der Waals surface area (Å²) in [6, 6.07) is 3.67. The minimum atomic E-state index is -0.815. The van der Waals surface area contributed by atoms with E-state index in [2.05, 4.69) is 0 Å². The van der Waals surface area contributed by atoms with Gasteiger partial charge in [0.05, 0.1) is 4.36 Å². The van der Waals surface area contributed by atoms with Crippen LogP contribution in [-0.2, 0) is 0 Å². The second kappa shape index (κ2) is 6.60. The molecule has 0 saturated carbocycles. The van der Waals surface area contributed by atoms with Crippen molar-refractivity contribution in [2.45, 2.75) is 6.10 Å². The third-order valence-electron chi connectivity index (χ3n) is 3.22. The van der Waals surface area contributed by atoms with Crippen LogP contribution in [0.1, 0.15) is 5.56 Å². The minimum absolute atomic E-state index is 0.0970. The second-order valence-corrected chi connectivity index (χ2v) is 7.85. The van der Waals surface area contributed by atoms with Crippen LogP contribution in [0.5, 0.6) is 0 Å². The highest BCUT2D eigenvalue weighted by atomic mass is 35.5. The molecule has 1 aliphatic heterocycles. The van der Waals surface area contributed by atoms with Gasteiger partial charge in [-0.2, -0.15) is 0 Å². The molecule has 2 aliphatic rings. The van der Waals surface area contributed by atoms with Gasteiger partial charge in [-0.1, -0.05) is 23.4 Å². The van der Waals surface area contributed by atoms with Crippen molar-refractivity contribution in [3.8, 4) is 0 Å². The smallest absolute Gasteiger partial charge is 0.298 e. The Morgan fingerprint density at radius 3 is 2.77 bits per heavy atom. The zero-order valence-electron chi connectivity index (χ0n) is 11.2. The lowest BCUT2D eigenvalue weighted by molar-refractivity contribution is 0.208. The van der Waals surface area contributed by atoms with E-state index in [9.17, 15) is 10.2 Å². The lowest BCUT2D eigenvalue weighted by atomic mass is 9.84. The van der Waals surface area contributed by atoms with Crippen LogP contribution in [0.3, 0.4) is 0 Å². The molecule has 0 fully saturated rings. The van der Waals surface area contributed by atoms with Crippen molar-refractivity contribution in [3.05, 3.63) is 77.9 Å². The first-order valence-electron chi connectivity index (χ1n) is 6.37. The zero-order valence-corrected chi connectivity index (χ0v) is 14.3. The third kappa shape index (κ3) is 3.31. The average Bonchev–Trinajstić information content (AvgIpc) is 2.50. The van der Waals surface area contributed by atoms with Crippen molar-refractivity contribution in [2.24, 2.45) is 0 Å². The van der Waals surface area contributed by atoms with Gasteiger partial charge in [-0.05, 0) is 52.4 Å². The molecule has 1 unspecified atom stereocenters. The van der Waals surface area contributed by atoms with Crippen molar-refractivity contribution in [1.29, 1.82) is 0 Å². The highest BCUT2D eigenvalue weighted by Crippen LogP contribution is 2.37. The van der Waals surface area contributed by atoms with Crippen LogP contribution in [-0.4, -0.2) is 16.3 Å². The summed E-state index contributed by atoms with van der Waals surface area (Å²) >= 11 is 14.7. The molecule has 1 aliphatic carbocycles. The topological polar surface area (TPSA) is 40.5 Å². The Hall–Kier alpha value is -1.04. The summed E-state index contributed by atoms with van der Waals surface area (Å²) in [6.45, 7) is 0. The van der Waals surface area contributed by atoms with Crippen molar-refractivity contribution in [3.63, 3.8) is 0 Å². The fourth-order valence-corrected chi connectivity index (χ4v) is 3.81. The highest BCUT2D eigenvalue weighted by molar-refractivity contribution is 8.07. The molecule has 6 heteroatoms. The quantitative estimate of drug-likeness (QED) is 0.674. The third-order valence-corrected chi connectivity index (χ3v) is 5.21. The first-order valence-corrected chi connectivity index (χ1v) is 8.89. The molecule has 3 rings (SSSR count). The van der Waals surface area contributed by atoms with Crippen LogP contribution >= 0.6 is 46.3 Å². The van der Waals surface area contributed by atoms with E-state index in [1.54, 1.807) is 24.3 Å². The van der Waals surface area contributed by atoms with Crippen molar-refractivity contribution < 1.29 is 10.2 Å². The lowest BCUT2D eigenvalue weighted by Gasteiger charge is -2.27. The number of rotatable bonds is 2. The Kier molecular flexibility index (Phi) is 4.76. The van der Waals surface area contributed by atoms with Crippen LogP contribution in [0.4, 0.5) is 0 Å². The Morgan fingerprint density at radius 1 is 1.27 bits per heavy atom. The molecule has 112 valence electrons. The average molecular weight is 370 g/mol. The van der Waals surface area contributed by atoms with Crippen molar-refractivity contribution in [1.82, 2.24) is 0 Å². The van der Waals surface area contributed by atoms with Gasteiger partial charge >= 0.3 is 0 Å². The van der Waals surface area contributed by atoms with Gasteiger partial charge in [0.1, 0.15) is 11.9 Å². The Bertz CT molecular complexity index is 776. The monoisotopic (exact) mass is 369 g/mol. The first-order chi connectivity index (χ1) is 10.5. The summed E-state index contributed by atoms with van der Waals surface area (Å²) in [5, 5.41) is 24.1. The SMILES string of the molecule is OC1=C(C=C2C=CSC(Cl)=C2)C(O)C1=Cc1cc[s+]c(Cl)c1. The summed E-state index contributed by atoms with van der Waals surface area (Å²) < 4.78 is 1.30. The molecule has 0 spiro atoms. The van der Waals surface area contributed by atoms with Crippen LogP contribution in [0, 0.1) is 0 Å². The molecule has 2 nitrogen and oxygen atoms in total. The summed E-state index contributed by atoms with van der Waals surface area (Å²) in [5.41, 5.74) is 2.66. The van der Waals surface area contributed by atoms with E-state index >= 15 is 0 Å². The summed E-state index contributed by atoms with van der Waals surface area (Å²) in [7, 11) is 0. The lowest BCUT2D eigenvalue weighted by Crippen LogP contribution is -2.26. The number of halogens is 2. The molecule has 0 aromatic carbocycles. The van der Waals surface area contributed by atoms with Gasteiger partial charge in [0, 0.05) is 23.3 Å². The molecule has 22 heavy (non-hydrogen) atoms. The molecule has 0 saturated heterocycles. The maximum Gasteiger partial charge on any atom is 0.298 e. The predicted molar refractivity (Wildman–Crippen MR) is 96.1 cm³/mol. The first kappa shape index (κ1) is 15.8. The van der Waals surface area contributed by atoms with Gasteiger partial charge < -0.3 is 10.2 Å². The predicted octanol–water partition coefficient (Wildman–Crippen LogP) is 5.52. The normalized spacial score (nSPS) is 24.7. The van der Waals surface area contributed by atoms with E-state index in [4.69, 9.17) is 23.2 Å². The number of hydrogen-bond donors (Lipinski definition) is 2. The van der Waals surface area contributed by atoms with Gasteiger partial charge in [-0.15, -0.1) is 0 Å². The zero-order chi connectivity index (χ0) is 15.7. The summed E-state index contributed by atoms with van der Waals surface area (Å²) in [5.74, 6) is 0.0970. The molecule has 2 N–H and O–H groups in total. The Labute approximate surface area is 146 Å². The fourth-order valence-electron chi connectivity index (χ4n) is 2.13. The molecule has 1 aromatic rings. The van der Waals surface area contributed by atoms with Gasteiger partial charge in [-0.3, -0.25) is 0 Å². The molecule has 2 heterocycles. The number of aliphatic hydroxyl groups is 2. The van der Waals surface area contributed by atoms with E-state index < -0.39 is 6.10 Å². The maximum absolute atomic E-state index is 10.2. The summed E-state index contributed by atoms with van der Waals surface area (Å²) in [4.78, 5) is 0. The molecule has 1 atom stereocenters. The second-order valence-electron chi connectivity index (χ2n) is 4.69. The van der Waals surface area contributed by atoms with Crippen LogP contribution in [0.2, 0.25) is 4.34 Å². The molecule has 0 amide bonds. The van der Waals surface area contributed by atoms with Gasteiger partial charge in [-0.25, -0.2) is 0 Å². The fraction of sp³-hybridized carbons (Fsp3) is 0.0625. The van der Waals surface area contributed by atoms with Gasteiger partial charge in [0.2, 0.25) is 11.3 Å². The molecular formula is C16H11Cl2O2S2+. The highest BCUT2D eigenvalue weighted by Gasteiger charge is 2.32. The van der Waals surface area contributed by atoms with E-state index in [0.717, 1.165) is 11.1 Å². The van der Waals surface area contributed by atoms with E-state index in [1.165, 1.54) is 23.1 Å². The molecule has 0 bridgehead atoms. The van der Waals surface area contributed by atoms with Crippen molar-refractivity contribution in [2.75, 3.05) is 0 Å². The largest absolute Gasteiger partial charge is 0.507 e. The standard InChI is InChI=1S/C16H10Cl2O2S2/c17-13-7-9(1-3-21-13)5-11-15(19)12(16(11)20)6-10-2-4-22-14(18)8-10/h1-8,15,19H/p+1. The Morgan fingerprint density at radius 2 is 2.09 bits per heavy atom. The maximum atomic E-state index is 10.2. The minimum Gasteiger partial charge on any atom is -0.507 e. The molecular weight excluding hydrogens is 359 g/mol. The van der Waals surface area contributed by atoms with Crippen molar-refractivity contribution >= 4 is 52.4 Å². The number of hydrogen-bond acceptors (Lipinski definition) is 3. The van der Waals surface area contributed by atoms with E-state index in [-0.39, 0.29) is 5.76 Å². The van der Waals surface area contributed by atoms with E-state index in [1.807, 2.05) is 22.9 Å². The van der Waals surface area contributed by atoms with Crippen LogP contribution in [0.15, 0.2) is 68.0 Å². The number of aliphatic hydroxyl groups excluding tert-OH is 2. The van der Waals surface area contributed by atoms with Gasteiger partial charge in [0.15, 0.2) is 5.38 Å². The summed E-state index contributed by atoms with van der Waals surface area (Å²) in [6.07, 6.45) is 6.32. The Balaban J connectivity index is 1.90. The van der Waals surface area contributed by atoms with Gasteiger partial charge in [0.25, 0.3) is 4.34 Å².